The lowest BCUT2D eigenvalue weighted by atomic mass is 9.79. The number of rotatable bonds is 4. The van der Waals surface area contributed by atoms with E-state index in [1.54, 1.807) is 0 Å². The number of aliphatic carboxylic acids is 1. The molecule has 0 bridgehead atoms. The molecule has 0 unspecified atom stereocenters. The third-order valence-corrected chi connectivity index (χ3v) is 3.85. The molecule has 1 amide bonds. The summed E-state index contributed by atoms with van der Waals surface area (Å²) in [6.45, 7) is 0. The monoisotopic (exact) mass is 297 g/mol. The predicted octanol–water partition coefficient (Wildman–Crippen LogP) is 2.87. The highest BCUT2D eigenvalue weighted by molar-refractivity contribution is 5.95. The Bertz CT molecular complexity index is 554. The van der Waals surface area contributed by atoms with E-state index in [1.807, 2.05) is 0 Å². The summed E-state index contributed by atoms with van der Waals surface area (Å²) in [4.78, 5) is 23.2. The molecular weight excluding hydrogens is 280 g/mol. The van der Waals surface area contributed by atoms with Crippen molar-refractivity contribution in [2.45, 2.75) is 44.1 Å². The Labute approximate surface area is 121 Å². The van der Waals surface area contributed by atoms with Crippen molar-refractivity contribution in [2.24, 2.45) is 0 Å². The van der Waals surface area contributed by atoms with Gasteiger partial charge in [0.1, 0.15) is 11.6 Å². The number of hydrogen-bond acceptors (Lipinski definition) is 2. The van der Waals surface area contributed by atoms with Gasteiger partial charge in [0.15, 0.2) is 0 Å². The molecular formula is C15H17F2NO3. The molecule has 0 aromatic heterocycles. The number of carboxylic acid groups (broad SMARTS) is 1. The van der Waals surface area contributed by atoms with Gasteiger partial charge in [0, 0.05) is 6.07 Å². The van der Waals surface area contributed by atoms with E-state index in [9.17, 15) is 18.4 Å². The SMILES string of the molecule is O=C(O)CC1(NC(=O)c2ccc(F)cc2F)CCCCC1. The largest absolute Gasteiger partial charge is 0.481 e. The van der Waals surface area contributed by atoms with Gasteiger partial charge in [-0.25, -0.2) is 8.78 Å². The lowest BCUT2D eigenvalue weighted by Gasteiger charge is -2.37. The third-order valence-electron chi connectivity index (χ3n) is 3.85. The number of hydrogen-bond donors (Lipinski definition) is 2. The maximum atomic E-state index is 13.6. The molecule has 1 fully saturated rings. The highest BCUT2D eigenvalue weighted by atomic mass is 19.1. The van der Waals surface area contributed by atoms with Crippen LogP contribution in [-0.2, 0) is 4.79 Å². The molecule has 4 nitrogen and oxygen atoms in total. The van der Waals surface area contributed by atoms with Gasteiger partial charge in [-0.2, -0.15) is 0 Å². The number of benzene rings is 1. The molecule has 1 saturated carbocycles. The summed E-state index contributed by atoms with van der Waals surface area (Å²) in [6.07, 6.45) is 3.53. The molecule has 0 aliphatic heterocycles. The fraction of sp³-hybridized carbons (Fsp3) is 0.467. The number of carbonyl (C=O) groups is 2. The van der Waals surface area contributed by atoms with Gasteiger partial charge in [-0.1, -0.05) is 19.3 Å². The van der Waals surface area contributed by atoms with Crippen molar-refractivity contribution in [1.29, 1.82) is 0 Å². The van der Waals surface area contributed by atoms with Gasteiger partial charge in [-0.15, -0.1) is 0 Å². The molecule has 6 heteroatoms. The van der Waals surface area contributed by atoms with E-state index in [2.05, 4.69) is 5.32 Å². The van der Waals surface area contributed by atoms with E-state index in [0.717, 1.165) is 31.4 Å². The minimum atomic E-state index is -1.00. The van der Waals surface area contributed by atoms with Crippen LogP contribution in [0.15, 0.2) is 18.2 Å². The fourth-order valence-electron chi connectivity index (χ4n) is 2.85. The lowest BCUT2D eigenvalue weighted by Crippen LogP contribution is -2.51. The van der Waals surface area contributed by atoms with Crippen molar-refractivity contribution in [3.63, 3.8) is 0 Å². The first-order valence-electron chi connectivity index (χ1n) is 6.91. The zero-order chi connectivity index (χ0) is 15.5. The van der Waals surface area contributed by atoms with Crippen LogP contribution in [-0.4, -0.2) is 22.5 Å². The van der Waals surface area contributed by atoms with Crippen molar-refractivity contribution in [1.82, 2.24) is 5.32 Å². The second-order valence-corrected chi connectivity index (χ2v) is 5.49. The van der Waals surface area contributed by atoms with Gasteiger partial charge in [-0.3, -0.25) is 9.59 Å². The summed E-state index contributed by atoms with van der Waals surface area (Å²) in [5, 5.41) is 11.7. The standard InChI is InChI=1S/C15H17F2NO3/c16-10-4-5-11(12(17)8-10)14(21)18-15(9-13(19)20)6-2-1-3-7-15/h4-5,8H,1-3,6-7,9H2,(H,18,21)(H,19,20). The van der Waals surface area contributed by atoms with Gasteiger partial charge in [-0.05, 0) is 25.0 Å². The van der Waals surface area contributed by atoms with Crippen LogP contribution < -0.4 is 5.32 Å². The summed E-state index contributed by atoms with van der Waals surface area (Å²) in [5.74, 6) is -3.41. The van der Waals surface area contributed by atoms with E-state index >= 15 is 0 Å². The van der Waals surface area contributed by atoms with Gasteiger partial charge < -0.3 is 10.4 Å². The maximum absolute atomic E-state index is 13.6. The van der Waals surface area contributed by atoms with E-state index < -0.39 is 29.0 Å². The number of amides is 1. The highest BCUT2D eigenvalue weighted by Crippen LogP contribution is 2.31. The molecule has 1 aliphatic carbocycles. The van der Waals surface area contributed by atoms with Crippen LogP contribution in [0.25, 0.3) is 0 Å². The van der Waals surface area contributed by atoms with Gasteiger partial charge in [0.05, 0.1) is 17.5 Å². The van der Waals surface area contributed by atoms with Crippen molar-refractivity contribution in [3.05, 3.63) is 35.4 Å². The minimum Gasteiger partial charge on any atom is -0.481 e. The first-order valence-corrected chi connectivity index (χ1v) is 6.91. The molecule has 21 heavy (non-hydrogen) atoms. The number of nitrogens with one attached hydrogen (secondary N) is 1. The summed E-state index contributed by atoms with van der Waals surface area (Å²) < 4.78 is 26.5. The van der Waals surface area contributed by atoms with Gasteiger partial charge >= 0.3 is 5.97 Å². The lowest BCUT2D eigenvalue weighted by molar-refractivity contribution is -0.139. The Balaban J connectivity index is 2.19. The summed E-state index contributed by atoms with van der Waals surface area (Å²) in [6, 6.07) is 2.71. The van der Waals surface area contributed by atoms with Gasteiger partial charge in [0.25, 0.3) is 5.91 Å². The zero-order valence-electron chi connectivity index (χ0n) is 11.5. The second kappa shape index (κ2) is 6.20. The van der Waals surface area contributed by atoms with Crippen molar-refractivity contribution in [2.75, 3.05) is 0 Å². The molecule has 1 aliphatic rings. The summed E-state index contributed by atoms with van der Waals surface area (Å²) >= 11 is 0. The molecule has 0 radical (unpaired) electrons. The Morgan fingerprint density at radius 3 is 2.43 bits per heavy atom. The molecule has 0 spiro atoms. The van der Waals surface area contributed by atoms with Crippen LogP contribution in [0.2, 0.25) is 0 Å². The maximum Gasteiger partial charge on any atom is 0.305 e. The number of halogens is 2. The minimum absolute atomic E-state index is 0.193. The molecule has 2 N–H and O–H groups in total. The van der Waals surface area contributed by atoms with Crippen molar-refractivity contribution in [3.8, 4) is 0 Å². The van der Waals surface area contributed by atoms with Crippen LogP contribution in [0, 0.1) is 11.6 Å². The molecule has 0 heterocycles. The van der Waals surface area contributed by atoms with E-state index in [0.29, 0.717) is 18.9 Å². The Kier molecular flexibility index (Phi) is 4.55. The van der Waals surface area contributed by atoms with Crippen LogP contribution in [0.4, 0.5) is 8.78 Å². The Morgan fingerprint density at radius 2 is 1.86 bits per heavy atom. The Morgan fingerprint density at radius 1 is 1.19 bits per heavy atom. The first-order chi connectivity index (χ1) is 9.92. The molecule has 1 aromatic rings. The van der Waals surface area contributed by atoms with Gasteiger partial charge in [0.2, 0.25) is 0 Å². The average Bonchev–Trinajstić information content (AvgIpc) is 2.38. The van der Waals surface area contributed by atoms with Crippen LogP contribution in [0.3, 0.4) is 0 Å². The molecule has 0 saturated heterocycles. The van der Waals surface area contributed by atoms with Crippen LogP contribution in [0.5, 0.6) is 0 Å². The smallest absolute Gasteiger partial charge is 0.305 e. The number of carboxylic acids is 1. The van der Waals surface area contributed by atoms with E-state index in [-0.39, 0.29) is 12.0 Å². The van der Waals surface area contributed by atoms with Crippen molar-refractivity contribution >= 4 is 11.9 Å². The van der Waals surface area contributed by atoms with Crippen molar-refractivity contribution < 1.29 is 23.5 Å². The van der Waals surface area contributed by atoms with Crippen LogP contribution in [0.1, 0.15) is 48.9 Å². The predicted molar refractivity (Wildman–Crippen MR) is 71.9 cm³/mol. The quantitative estimate of drug-likeness (QED) is 0.898. The first kappa shape index (κ1) is 15.4. The topological polar surface area (TPSA) is 66.4 Å². The molecule has 114 valence electrons. The normalized spacial score (nSPS) is 17.2. The fourth-order valence-corrected chi connectivity index (χ4v) is 2.85. The van der Waals surface area contributed by atoms with Crippen LogP contribution >= 0.6 is 0 Å². The second-order valence-electron chi connectivity index (χ2n) is 5.49. The zero-order valence-corrected chi connectivity index (χ0v) is 11.5. The third kappa shape index (κ3) is 3.77. The molecule has 0 atom stereocenters. The average molecular weight is 297 g/mol. The summed E-state index contributed by atoms with van der Waals surface area (Å²) in [5.41, 5.74) is -1.12. The van der Waals surface area contributed by atoms with E-state index in [4.69, 9.17) is 5.11 Å². The number of carbonyl (C=O) groups excluding carboxylic acids is 1. The molecule has 1 aromatic carbocycles. The Hall–Kier alpha value is -1.98. The highest BCUT2D eigenvalue weighted by Gasteiger charge is 2.36. The molecule has 2 rings (SSSR count). The summed E-state index contributed by atoms with van der Waals surface area (Å²) in [7, 11) is 0. The van der Waals surface area contributed by atoms with E-state index in [1.165, 1.54) is 0 Å².